The van der Waals surface area contributed by atoms with Crippen LogP contribution in [0, 0.1) is 5.82 Å². The van der Waals surface area contributed by atoms with Crippen molar-refractivity contribution in [1.29, 1.82) is 0 Å². The molecule has 0 spiro atoms. The Balaban J connectivity index is 2.15. The number of hydrogen-bond acceptors (Lipinski definition) is 2. The van der Waals surface area contributed by atoms with Crippen LogP contribution in [0.25, 0.3) is 0 Å². The zero-order valence-electron chi connectivity index (χ0n) is 10.7. The topological polar surface area (TPSA) is 60.1 Å². The molecule has 0 saturated carbocycles. The summed E-state index contributed by atoms with van der Waals surface area (Å²) in [6.45, 7) is 3.38. The van der Waals surface area contributed by atoms with Gasteiger partial charge in [0.2, 0.25) is 5.91 Å². The van der Waals surface area contributed by atoms with Gasteiger partial charge in [0.1, 0.15) is 5.82 Å². The first-order valence-corrected chi connectivity index (χ1v) is 6.09. The lowest BCUT2D eigenvalue weighted by molar-refractivity contribution is 0.100. The van der Waals surface area contributed by atoms with Crippen molar-refractivity contribution in [2.75, 3.05) is 5.32 Å². The number of carbonyl (C=O) groups is 1. The van der Waals surface area contributed by atoms with Crippen LogP contribution in [0.15, 0.2) is 36.5 Å². The van der Waals surface area contributed by atoms with Crippen molar-refractivity contribution < 1.29 is 9.18 Å². The number of hydrogen-bond donors (Lipinski definition) is 2. The van der Waals surface area contributed by atoms with Crippen LogP contribution in [0.1, 0.15) is 23.0 Å². The molecule has 2 aromatic rings. The molecule has 1 heterocycles. The number of benzene rings is 1. The van der Waals surface area contributed by atoms with Gasteiger partial charge in [-0.3, -0.25) is 4.79 Å². The monoisotopic (exact) mass is 261 g/mol. The number of primary amides is 1. The van der Waals surface area contributed by atoms with Gasteiger partial charge < -0.3 is 15.6 Å². The molecule has 1 aromatic heterocycles. The molecule has 4 nitrogen and oxygen atoms in total. The van der Waals surface area contributed by atoms with Gasteiger partial charge >= 0.3 is 0 Å². The Morgan fingerprint density at radius 1 is 1.42 bits per heavy atom. The molecule has 0 aliphatic carbocycles. The quantitative estimate of drug-likeness (QED) is 0.868. The molecule has 0 radical (unpaired) electrons. The molecule has 5 heteroatoms. The number of aryl methyl sites for hydroxylation is 1. The maximum atomic E-state index is 13.6. The van der Waals surface area contributed by atoms with E-state index in [2.05, 4.69) is 9.88 Å². The Labute approximate surface area is 111 Å². The fourth-order valence-corrected chi connectivity index (χ4v) is 1.92. The van der Waals surface area contributed by atoms with E-state index < -0.39 is 11.7 Å². The van der Waals surface area contributed by atoms with Gasteiger partial charge in [-0.1, -0.05) is 0 Å². The predicted octanol–water partition coefficient (Wildman–Crippen LogP) is 2.36. The van der Waals surface area contributed by atoms with Crippen molar-refractivity contribution in [2.45, 2.75) is 20.0 Å². The molecule has 0 bridgehead atoms. The lowest BCUT2D eigenvalue weighted by Gasteiger charge is -2.10. The van der Waals surface area contributed by atoms with Crippen molar-refractivity contribution in [3.8, 4) is 0 Å². The van der Waals surface area contributed by atoms with Crippen LogP contribution in [-0.2, 0) is 13.1 Å². The number of carbonyl (C=O) groups excluding carboxylic acids is 1. The van der Waals surface area contributed by atoms with Crippen molar-refractivity contribution in [3.05, 3.63) is 53.6 Å². The highest BCUT2D eigenvalue weighted by atomic mass is 19.1. The molecule has 0 fully saturated rings. The highest BCUT2D eigenvalue weighted by Crippen LogP contribution is 2.17. The number of anilines is 1. The Hall–Kier alpha value is -2.30. The van der Waals surface area contributed by atoms with Crippen molar-refractivity contribution >= 4 is 11.6 Å². The molecular weight excluding hydrogens is 245 g/mol. The van der Waals surface area contributed by atoms with Crippen LogP contribution < -0.4 is 11.1 Å². The number of nitrogens with two attached hydrogens (primary N) is 1. The summed E-state index contributed by atoms with van der Waals surface area (Å²) >= 11 is 0. The summed E-state index contributed by atoms with van der Waals surface area (Å²) in [5.74, 6) is -0.973. The molecule has 0 aliphatic rings. The SMILES string of the molecule is CCn1cccc1CNc1cc(C(N)=O)ccc1F. The lowest BCUT2D eigenvalue weighted by atomic mass is 10.2. The Morgan fingerprint density at radius 2 is 2.21 bits per heavy atom. The second-order valence-electron chi connectivity index (χ2n) is 4.20. The van der Waals surface area contributed by atoms with Gasteiger partial charge in [-0.25, -0.2) is 4.39 Å². The standard InChI is InChI=1S/C14H16FN3O/c1-2-18-7-3-4-11(18)9-17-13-8-10(14(16)19)5-6-12(13)15/h3-8,17H,2,9H2,1H3,(H2,16,19). The van der Waals surface area contributed by atoms with Gasteiger partial charge in [0.25, 0.3) is 0 Å². The third-order valence-electron chi connectivity index (χ3n) is 2.98. The minimum Gasteiger partial charge on any atom is -0.377 e. The molecule has 0 atom stereocenters. The average Bonchev–Trinajstić information content (AvgIpc) is 2.85. The third-order valence-corrected chi connectivity index (χ3v) is 2.98. The number of rotatable bonds is 5. The van der Waals surface area contributed by atoms with E-state index in [9.17, 15) is 9.18 Å². The Bertz CT molecular complexity index is 592. The van der Waals surface area contributed by atoms with E-state index in [1.54, 1.807) is 0 Å². The van der Waals surface area contributed by atoms with E-state index in [1.807, 2.05) is 25.3 Å². The van der Waals surface area contributed by atoms with E-state index >= 15 is 0 Å². The van der Waals surface area contributed by atoms with Crippen LogP contribution in [0.2, 0.25) is 0 Å². The fourth-order valence-electron chi connectivity index (χ4n) is 1.92. The Morgan fingerprint density at radius 3 is 2.89 bits per heavy atom. The molecule has 19 heavy (non-hydrogen) atoms. The highest BCUT2D eigenvalue weighted by Gasteiger charge is 2.07. The summed E-state index contributed by atoms with van der Waals surface area (Å²) < 4.78 is 15.7. The van der Waals surface area contributed by atoms with Crippen molar-refractivity contribution in [2.24, 2.45) is 5.73 Å². The predicted molar refractivity (Wildman–Crippen MR) is 72.4 cm³/mol. The second-order valence-corrected chi connectivity index (χ2v) is 4.20. The second kappa shape index (κ2) is 5.56. The smallest absolute Gasteiger partial charge is 0.248 e. The van der Waals surface area contributed by atoms with Crippen molar-refractivity contribution in [3.63, 3.8) is 0 Å². The van der Waals surface area contributed by atoms with E-state index in [-0.39, 0.29) is 11.3 Å². The van der Waals surface area contributed by atoms with E-state index in [0.29, 0.717) is 6.54 Å². The summed E-state index contributed by atoms with van der Waals surface area (Å²) in [5.41, 5.74) is 6.79. The van der Waals surface area contributed by atoms with Crippen LogP contribution in [0.4, 0.5) is 10.1 Å². The molecule has 1 amide bonds. The number of nitrogens with one attached hydrogen (secondary N) is 1. The minimum atomic E-state index is -0.569. The first-order chi connectivity index (χ1) is 9.11. The van der Waals surface area contributed by atoms with Gasteiger partial charge in [-0.15, -0.1) is 0 Å². The summed E-state index contributed by atoms with van der Waals surface area (Å²) in [6, 6.07) is 7.94. The van der Waals surface area contributed by atoms with Crippen LogP contribution in [0.5, 0.6) is 0 Å². The molecule has 0 saturated heterocycles. The molecule has 1 aromatic carbocycles. The summed E-state index contributed by atoms with van der Waals surface area (Å²) in [5, 5.41) is 2.98. The average molecular weight is 261 g/mol. The van der Waals surface area contributed by atoms with Gasteiger partial charge in [-0.05, 0) is 37.3 Å². The van der Waals surface area contributed by atoms with Gasteiger partial charge in [0.05, 0.1) is 12.2 Å². The zero-order chi connectivity index (χ0) is 13.8. The fraction of sp³-hybridized carbons (Fsp3) is 0.214. The first kappa shape index (κ1) is 13.1. The summed E-state index contributed by atoms with van der Waals surface area (Å²) in [7, 11) is 0. The number of halogens is 1. The number of amides is 1. The first-order valence-electron chi connectivity index (χ1n) is 6.09. The summed E-state index contributed by atoms with van der Waals surface area (Å²) in [4.78, 5) is 11.1. The van der Waals surface area contributed by atoms with Gasteiger partial charge in [0.15, 0.2) is 0 Å². The molecule has 3 N–H and O–H groups in total. The third kappa shape index (κ3) is 2.93. The Kier molecular flexibility index (Phi) is 3.85. The van der Waals surface area contributed by atoms with Gasteiger partial charge in [0, 0.05) is 24.0 Å². The molecular formula is C14H16FN3O. The van der Waals surface area contributed by atoms with Gasteiger partial charge in [-0.2, -0.15) is 0 Å². The van der Waals surface area contributed by atoms with E-state index in [1.165, 1.54) is 18.2 Å². The van der Waals surface area contributed by atoms with Crippen LogP contribution in [-0.4, -0.2) is 10.5 Å². The largest absolute Gasteiger partial charge is 0.377 e. The van der Waals surface area contributed by atoms with Crippen LogP contribution >= 0.6 is 0 Å². The molecule has 0 unspecified atom stereocenters. The normalized spacial score (nSPS) is 10.4. The maximum absolute atomic E-state index is 13.6. The van der Waals surface area contributed by atoms with E-state index in [0.717, 1.165) is 12.2 Å². The minimum absolute atomic E-state index is 0.278. The number of aromatic nitrogens is 1. The summed E-state index contributed by atoms with van der Waals surface area (Å²) in [6.07, 6.45) is 1.97. The van der Waals surface area contributed by atoms with Crippen LogP contribution in [0.3, 0.4) is 0 Å². The molecule has 100 valence electrons. The highest BCUT2D eigenvalue weighted by molar-refractivity contribution is 5.93. The number of nitrogens with zero attached hydrogens (tertiary/aromatic N) is 1. The zero-order valence-corrected chi connectivity index (χ0v) is 10.7. The lowest BCUT2D eigenvalue weighted by Crippen LogP contribution is -2.12. The molecule has 2 rings (SSSR count). The van der Waals surface area contributed by atoms with Crippen molar-refractivity contribution in [1.82, 2.24) is 4.57 Å². The maximum Gasteiger partial charge on any atom is 0.248 e. The molecule has 0 aliphatic heterocycles. The van der Waals surface area contributed by atoms with E-state index in [4.69, 9.17) is 5.73 Å².